The standard InChI is InChI=1S/C48H39NO2/c1-47(2)39-14-8-10-16-43(39)50-45-28-26-37(30-41(45)47)49(38-27-29-46-42(31-38)48(3,4)40-15-9-11-17-44(40)51-46)36-24-22-35(23-25-36)34-20-18-33(19-21-34)32-12-6-5-7-13-32/h5-31H,1-4H3. The van der Waals surface area contributed by atoms with Gasteiger partial charge in [0.1, 0.15) is 23.0 Å². The molecule has 0 N–H and O–H groups in total. The van der Waals surface area contributed by atoms with Gasteiger partial charge in [-0.3, -0.25) is 0 Å². The fourth-order valence-electron chi connectivity index (χ4n) is 7.88. The van der Waals surface area contributed by atoms with Crippen molar-refractivity contribution in [3.63, 3.8) is 0 Å². The lowest BCUT2D eigenvalue weighted by atomic mass is 9.75. The molecule has 0 aliphatic carbocycles. The maximum atomic E-state index is 6.46. The zero-order valence-corrected chi connectivity index (χ0v) is 29.4. The Morgan fingerprint density at radius 3 is 1.16 bits per heavy atom. The van der Waals surface area contributed by atoms with Crippen LogP contribution in [-0.2, 0) is 10.8 Å². The third kappa shape index (κ3) is 5.20. The van der Waals surface area contributed by atoms with Gasteiger partial charge in [-0.1, -0.05) is 131 Å². The third-order valence-corrected chi connectivity index (χ3v) is 10.8. The van der Waals surface area contributed by atoms with Crippen LogP contribution in [0.3, 0.4) is 0 Å². The van der Waals surface area contributed by atoms with Crippen LogP contribution in [0.25, 0.3) is 22.3 Å². The fraction of sp³-hybridized carbons (Fsp3) is 0.125. The average Bonchev–Trinajstić information content (AvgIpc) is 3.16. The number of anilines is 3. The molecule has 3 heteroatoms. The van der Waals surface area contributed by atoms with Crippen molar-refractivity contribution in [3.8, 4) is 45.3 Å². The summed E-state index contributed by atoms with van der Waals surface area (Å²) in [5.74, 6) is 3.63. The SMILES string of the molecule is CC1(C)c2ccccc2Oc2ccc(N(c3ccc(-c4ccc(-c5ccccc5)cc4)cc3)c3ccc4c(c3)C(C)(C)c3ccccc3O4)cc21. The van der Waals surface area contributed by atoms with Crippen LogP contribution >= 0.6 is 0 Å². The van der Waals surface area contributed by atoms with Gasteiger partial charge in [-0.2, -0.15) is 0 Å². The predicted octanol–water partition coefficient (Wildman–Crippen LogP) is 13.4. The molecule has 0 saturated heterocycles. The van der Waals surface area contributed by atoms with E-state index in [2.05, 4.69) is 184 Å². The quantitative estimate of drug-likeness (QED) is 0.183. The van der Waals surface area contributed by atoms with Gasteiger partial charge in [0.05, 0.1) is 0 Å². The maximum Gasteiger partial charge on any atom is 0.131 e. The Morgan fingerprint density at radius 1 is 0.333 bits per heavy atom. The molecule has 2 aliphatic rings. The molecule has 2 aliphatic heterocycles. The summed E-state index contributed by atoms with van der Waals surface area (Å²) in [5, 5.41) is 0. The molecule has 0 aromatic heterocycles. The van der Waals surface area contributed by atoms with Gasteiger partial charge in [-0.15, -0.1) is 0 Å². The molecule has 0 unspecified atom stereocenters. The molecule has 3 nitrogen and oxygen atoms in total. The summed E-state index contributed by atoms with van der Waals surface area (Å²) in [6.45, 7) is 9.15. The highest BCUT2D eigenvalue weighted by Gasteiger charge is 2.36. The second kappa shape index (κ2) is 11.8. The summed E-state index contributed by atoms with van der Waals surface area (Å²) in [6.07, 6.45) is 0. The number of para-hydroxylation sites is 2. The molecular weight excluding hydrogens is 623 g/mol. The van der Waals surface area contributed by atoms with Crippen LogP contribution in [0.5, 0.6) is 23.0 Å². The Labute approximate surface area is 300 Å². The van der Waals surface area contributed by atoms with Crippen LogP contribution in [0.2, 0.25) is 0 Å². The van der Waals surface area contributed by atoms with Gasteiger partial charge < -0.3 is 14.4 Å². The van der Waals surface area contributed by atoms with E-state index in [0.717, 1.165) is 51.2 Å². The molecule has 0 amide bonds. The Balaban J connectivity index is 1.14. The summed E-state index contributed by atoms with van der Waals surface area (Å²) in [6, 6.07) is 58.2. The summed E-state index contributed by atoms with van der Waals surface area (Å²) in [5.41, 5.74) is 12.2. The topological polar surface area (TPSA) is 21.7 Å². The Hall–Kier alpha value is -6.06. The summed E-state index contributed by atoms with van der Waals surface area (Å²) < 4.78 is 12.9. The van der Waals surface area contributed by atoms with E-state index in [1.54, 1.807) is 0 Å². The van der Waals surface area contributed by atoms with E-state index in [1.807, 2.05) is 12.1 Å². The summed E-state index contributed by atoms with van der Waals surface area (Å²) >= 11 is 0. The molecule has 51 heavy (non-hydrogen) atoms. The monoisotopic (exact) mass is 661 g/mol. The van der Waals surface area contributed by atoms with Gasteiger partial charge in [0.25, 0.3) is 0 Å². The summed E-state index contributed by atoms with van der Waals surface area (Å²) in [7, 11) is 0. The van der Waals surface area contributed by atoms with Crippen molar-refractivity contribution in [2.45, 2.75) is 38.5 Å². The molecule has 0 bridgehead atoms. The highest BCUT2D eigenvalue weighted by molar-refractivity contribution is 5.81. The zero-order chi connectivity index (χ0) is 34.7. The molecular formula is C48H39NO2. The van der Waals surface area contributed by atoms with Crippen molar-refractivity contribution in [1.29, 1.82) is 0 Å². The molecule has 2 heterocycles. The van der Waals surface area contributed by atoms with E-state index in [-0.39, 0.29) is 10.8 Å². The summed E-state index contributed by atoms with van der Waals surface area (Å²) in [4.78, 5) is 2.36. The van der Waals surface area contributed by atoms with E-state index >= 15 is 0 Å². The van der Waals surface area contributed by atoms with Gasteiger partial charge in [0, 0.05) is 50.1 Å². The van der Waals surface area contributed by atoms with E-state index in [0.29, 0.717) is 0 Å². The van der Waals surface area contributed by atoms with Crippen molar-refractivity contribution in [3.05, 3.63) is 186 Å². The molecule has 0 fully saturated rings. The first-order chi connectivity index (χ1) is 24.8. The van der Waals surface area contributed by atoms with E-state index < -0.39 is 0 Å². The molecule has 7 aromatic carbocycles. The van der Waals surface area contributed by atoms with Crippen LogP contribution in [0.4, 0.5) is 17.1 Å². The predicted molar refractivity (Wildman–Crippen MR) is 209 cm³/mol. The molecule has 7 aromatic rings. The highest BCUT2D eigenvalue weighted by atomic mass is 16.5. The van der Waals surface area contributed by atoms with Gasteiger partial charge in [-0.05, 0) is 82.9 Å². The molecule has 9 rings (SSSR count). The van der Waals surface area contributed by atoms with Crippen LogP contribution in [-0.4, -0.2) is 0 Å². The Morgan fingerprint density at radius 2 is 0.686 bits per heavy atom. The van der Waals surface area contributed by atoms with Crippen molar-refractivity contribution >= 4 is 17.1 Å². The number of rotatable bonds is 5. The van der Waals surface area contributed by atoms with E-state index in [4.69, 9.17) is 9.47 Å². The van der Waals surface area contributed by atoms with Gasteiger partial charge >= 0.3 is 0 Å². The lowest BCUT2D eigenvalue weighted by molar-refractivity contribution is 0.418. The van der Waals surface area contributed by atoms with Crippen LogP contribution in [0.15, 0.2) is 164 Å². The molecule has 0 radical (unpaired) electrons. The number of fused-ring (bicyclic) bond motifs is 4. The normalized spacial score (nSPS) is 14.5. The van der Waals surface area contributed by atoms with Crippen molar-refractivity contribution < 1.29 is 9.47 Å². The second-order valence-electron chi connectivity index (χ2n) is 14.6. The first kappa shape index (κ1) is 31.0. The molecule has 0 saturated carbocycles. The maximum absolute atomic E-state index is 6.46. The first-order valence-corrected chi connectivity index (χ1v) is 17.7. The Kier molecular flexibility index (Phi) is 7.15. The van der Waals surface area contributed by atoms with Crippen molar-refractivity contribution in [2.75, 3.05) is 4.90 Å². The van der Waals surface area contributed by atoms with Crippen LogP contribution in [0.1, 0.15) is 49.9 Å². The highest BCUT2D eigenvalue weighted by Crippen LogP contribution is 2.52. The van der Waals surface area contributed by atoms with Crippen LogP contribution in [0, 0.1) is 0 Å². The number of hydrogen-bond acceptors (Lipinski definition) is 3. The number of hydrogen-bond donors (Lipinski definition) is 0. The number of nitrogens with zero attached hydrogens (tertiary/aromatic N) is 1. The van der Waals surface area contributed by atoms with E-state index in [1.165, 1.54) is 33.4 Å². The third-order valence-electron chi connectivity index (χ3n) is 10.8. The number of benzene rings is 7. The smallest absolute Gasteiger partial charge is 0.131 e. The minimum atomic E-state index is -0.239. The molecule has 0 atom stereocenters. The minimum Gasteiger partial charge on any atom is -0.457 e. The minimum absolute atomic E-state index is 0.239. The zero-order valence-electron chi connectivity index (χ0n) is 29.4. The average molecular weight is 662 g/mol. The van der Waals surface area contributed by atoms with Crippen LogP contribution < -0.4 is 14.4 Å². The Bertz CT molecular complexity index is 2300. The van der Waals surface area contributed by atoms with E-state index in [9.17, 15) is 0 Å². The number of ether oxygens (including phenoxy) is 2. The van der Waals surface area contributed by atoms with Gasteiger partial charge in [0.2, 0.25) is 0 Å². The largest absolute Gasteiger partial charge is 0.457 e. The van der Waals surface area contributed by atoms with Crippen molar-refractivity contribution in [2.24, 2.45) is 0 Å². The molecule has 0 spiro atoms. The van der Waals surface area contributed by atoms with Gasteiger partial charge in [0.15, 0.2) is 0 Å². The van der Waals surface area contributed by atoms with Gasteiger partial charge in [-0.25, -0.2) is 0 Å². The molecule has 248 valence electrons. The fourth-order valence-corrected chi connectivity index (χ4v) is 7.88. The second-order valence-corrected chi connectivity index (χ2v) is 14.6. The lowest BCUT2D eigenvalue weighted by Crippen LogP contribution is -2.25. The lowest BCUT2D eigenvalue weighted by Gasteiger charge is -2.37. The first-order valence-electron chi connectivity index (χ1n) is 17.7. The van der Waals surface area contributed by atoms with Crippen molar-refractivity contribution in [1.82, 2.24) is 0 Å².